The molecule has 0 radical (unpaired) electrons. The Bertz CT molecular complexity index is 255. The Morgan fingerprint density at radius 2 is 2.00 bits per heavy atom. The molecule has 3 aromatic rings. The Labute approximate surface area is 90.5 Å². The minimum absolute atomic E-state index is 1.38. The van der Waals surface area contributed by atoms with E-state index in [-0.39, 0.29) is 0 Å². The summed E-state index contributed by atoms with van der Waals surface area (Å²) in [6.45, 7) is 0. The zero-order chi connectivity index (χ0) is 10.6. The van der Waals surface area contributed by atoms with Crippen molar-refractivity contribution >= 4 is 11.5 Å². The van der Waals surface area contributed by atoms with Crippen LogP contribution >= 0.6 is 11.5 Å². The lowest BCUT2D eigenvalue weighted by Crippen LogP contribution is -1.38. The van der Waals surface area contributed by atoms with Gasteiger partial charge in [-0.2, -0.15) is 0 Å². The SMILES string of the molecule is c1cnoc1.c1cnsc1.c1cocn1. The van der Waals surface area contributed by atoms with Crippen LogP contribution in [-0.2, 0) is 0 Å². The zero-order valence-corrected chi connectivity index (χ0v) is 8.58. The molecular formula is C9H9N3O2S. The number of oxazole rings is 1. The van der Waals surface area contributed by atoms with Crippen LogP contribution in [0.5, 0.6) is 0 Å². The third-order valence-corrected chi connectivity index (χ3v) is 1.56. The predicted molar refractivity (Wildman–Crippen MR) is 55.1 cm³/mol. The van der Waals surface area contributed by atoms with Crippen LogP contribution in [0.4, 0.5) is 0 Å². The molecule has 0 unspecified atom stereocenters. The van der Waals surface area contributed by atoms with E-state index in [1.807, 2.05) is 11.4 Å². The first-order chi connectivity index (χ1) is 7.50. The molecule has 3 rings (SSSR count). The van der Waals surface area contributed by atoms with Crippen LogP contribution in [-0.4, -0.2) is 14.5 Å². The van der Waals surface area contributed by atoms with E-state index in [2.05, 4.69) is 23.5 Å². The van der Waals surface area contributed by atoms with Crippen LogP contribution in [0, 0.1) is 0 Å². The van der Waals surface area contributed by atoms with E-state index in [0.29, 0.717) is 0 Å². The molecule has 6 heteroatoms. The maximum absolute atomic E-state index is 4.47. The molecule has 0 aliphatic heterocycles. The second kappa shape index (κ2) is 8.64. The molecule has 0 aromatic carbocycles. The summed E-state index contributed by atoms with van der Waals surface area (Å²) in [7, 11) is 0. The normalized spacial score (nSPS) is 8.00. The number of hydrogen-bond acceptors (Lipinski definition) is 6. The molecule has 0 fully saturated rings. The molecule has 3 aromatic heterocycles. The van der Waals surface area contributed by atoms with E-state index in [4.69, 9.17) is 0 Å². The number of rotatable bonds is 0. The highest BCUT2D eigenvalue weighted by atomic mass is 32.1. The van der Waals surface area contributed by atoms with Crippen molar-refractivity contribution in [2.24, 2.45) is 0 Å². The quantitative estimate of drug-likeness (QED) is 0.585. The fraction of sp³-hybridized carbons (Fsp3) is 0. The predicted octanol–water partition coefficient (Wildman–Crippen LogP) is 2.49. The van der Waals surface area contributed by atoms with Gasteiger partial charge < -0.3 is 8.94 Å². The number of nitrogens with zero attached hydrogens (tertiary/aromatic N) is 3. The first-order valence-corrected chi connectivity index (χ1v) is 4.84. The average Bonchev–Trinajstić information content (AvgIpc) is 3.09. The van der Waals surface area contributed by atoms with Crippen LogP contribution in [0.1, 0.15) is 0 Å². The molecule has 0 spiro atoms. The molecule has 0 aliphatic carbocycles. The van der Waals surface area contributed by atoms with Gasteiger partial charge in [0.05, 0.1) is 12.4 Å². The summed E-state index contributed by atoms with van der Waals surface area (Å²) >= 11 is 1.46. The minimum Gasteiger partial charge on any atom is -0.452 e. The van der Waals surface area contributed by atoms with E-state index in [1.165, 1.54) is 30.5 Å². The van der Waals surface area contributed by atoms with Crippen molar-refractivity contribution in [3.63, 3.8) is 0 Å². The first kappa shape index (κ1) is 11.1. The molecule has 5 nitrogen and oxygen atoms in total. The largest absolute Gasteiger partial charge is 0.452 e. The van der Waals surface area contributed by atoms with Crippen LogP contribution < -0.4 is 0 Å². The Morgan fingerprint density at radius 3 is 2.20 bits per heavy atom. The van der Waals surface area contributed by atoms with E-state index in [0.717, 1.165) is 0 Å². The molecule has 78 valence electrons. The molecule has 0 aliphatic rings. The second-order valence-electron chi connectivity index (χ2n) is 2.05. The minimum atomic E-state index is 1.38. The third kappa shape index (κ3) is 7.15. The van der Waals surface area contributed by atoms with Gasteiger partial charge in [0.15, 0.2) is 6.39 Å². The fourth-order valence-corrected chi connectivity index (χ4v) is 0.878. The van der Waals surface area contributed by atoms with Gasteiger partial charge in [0.1, 0.15) is 12.5 Å². The van der Waals surface area contributed by atoms with Gasteiger partial charge in [-0.25, -0.2) is 9.36 Å². The lowest BCUT2D eigenvalue weighted by atomic mass is 10.8. The molecule has 0 bridgehead atoms. The summed E-state index contributed by atoms with van der Waals surface area (Å²) in [5.41, 5.74) is 0. The molecule has 0 saturated carbocycles. The summed E-state index contributed by atoms with van der Waals surface area (Å²) in [6, 6.07) is 3.63. The highest BCUT2D eigenvalue weighted by Gasteiger charge is 1.61. The zero-order valence-electron chi connectivity index (χ0n) is 7.76. The van der Waals surface area contributed by atoms with Crippen molar-refractivity contribution < 1.29 is 8.94 Å². The van der Waals surface area contributed by atoms with Crippen molar-refractivity contribution in [2.45, 2.75) is 0 Å². The summed E-state index contributed by atoms with van der Waals surface area (Å²) in [6.07, 6.45) is 9.34. The number of aromatic nitrogens is 3. The van der Waals surface area contributed by atoms with Crippen LogP contribution in [0.25, 0.3) is 0 Å². The molecule has 0 amide bonds. The van der Waals surface area contributed by atoms with Crippen LogP contribution in [0.2, 0.25) is 0 Å². The van der Waals surface area contributed by atoms with Gasteiger partial charge >= 0.3 is 0 Å². The summed E-state index contributed by atoms with van der Waals surface area (Å²) in [5, 5.41) is 5.28. The highest BCUT2D eigenvalue weighted by Crippen LogP contribution is 1.83. The second-order valence-corrected chi connectivity index (χ2v) is 2.75. The highest BCUT2D eigenvalue weighted by molar-refractivity contribution is 7.03. The van der Waals surface area contributed by atoms with Gasteiger partial charge in [0.2, 0.25) is 0 Å². The van der Waals surface area contributed by atoms with Crippen LogP contribution in [0.3, 0.4) is 0 Å². The maximum Gasteiger partial charge on any atom is 0.180 e. The molecule has 0 saturated heterocycles. The van der Waals surface area contributed by atoms with Gasteiger partial charge in [0, 0.05) is 11.6 Å². The third-order valence-electron chi connectivity index (χ3n) is 1.04. The van der Waals surface area contributed by atoms with Crippen molar-refractivity contribution in [3.8, 4) is 0 Å². The van der Waals surface area contributed by atoms with Crippen molar-refractivity contribution in [1.29, 1.82) is 0 Å². The van der Waals surface area contributed by atoms with Crippen LogP contribution in [0.15, 0.2) is 64.0 Å². The van der Waals surface area contributed by atoms with Gasteiger partial charge in [-0.1, -0.05) is 5.16 Å². The van der Waals surface area contributed by atoms with Crippen molar-refractivity contribution in [2.75, 3.05) is 0 Å². The lowest BCUT2D eigenvalue weighted by Gasteiger charge is -1.48. The maximum atomic E-state index is 4.47. The van der Waals surface area contributed by atoms with Gasteiger partial charge in [-0.15, -0.1) is 0 Å². The summed E-state index contributed by atoms with van der Waals surface area (Å²) in [4.78, 5) is 3.56. The van der Waals surface area contributed by atoms with Gasteiger partial charge in [-0.3, -0.25) is 0 Å². The van der Waals surface area contributed by atoms with E-state index in [9.17, 15) is 0 Å². The van der Waals surface area contributed by atoms with E-state index < -0.39 is 0 Å². The molecule has 0 N–H and O–H groups in total. The smallest absolute Gasteiger partial charge is 0.180 e. The Balaban J connectivity index is 0.000000112. The summed E-state index contributed by atoms with van der Waals surface area (Å²) < 4.78 is 12.6. The van der Waals surface area contributed by atoms with E-state index >= 15 is 0 Å². The van der Waals surface area contributed by atoms with Gasteiger partial charge in [0.25, 0.3) is 0 Å². The molecule has 15 heavy (non-hydrogen) atoms. The first-order valence-electron chi connectivity index (χ1n) is 4.01. The molecule has 0 atom stereocenters. The Kier molecular flexibility index (Phi) is 6.41. The average molecular weight is 223 g/mol. The van der Waals surface area contributed by atoms with Crippen molar-refractivity contribution in [1.82, 2.24) is 14.5 Å². The topological polar surface area (TPSA) is 65.0 Å². The lowest BCUT2D eigenvalue weighted by molar-refractivity contribution is 0.420. The standard InChI is InChI=1S/2C3H3NO.C3H3NS/c1-2-5-3-4-1;2*1-2-4-5-3-1/h3*1-3H. The Hall–Kier alpha value is -1.95. The fourth-order valence-electron chi connectivity index (χ4n) is 0.527. The monoisotopic (exact) mass is 223 g/mol. The summed E-state index contributed by atoms with van der Waals surface area (Å²) in [5.74, 6) is 0. The Morgan fingerprint density at radius 1 is 1.00 bits per heavy atom. The van der Waals surface area contributed by atoms with Crippen molar-refractivity contribution in [3.05, 3.63) is 55.0 Å². The molecule has 3 heterocycles. The molecular weight excluding hydrogens is 214 g/mol. The van der Waals surface area contributed by atoms with Gasteiger partial charge in [-0.05, 0) is 23.7 Å². The number of hydrogen-bond donors (Lipinski definition) is 0. The van der Waals surface area contributed by atoms with E-state index in [1.54, 1.807) is 24.7 Å².